The number of hydrogen-bond donors (Lipinski definition) is 3. The lowest BCUT2D eigenvalue weighted by Gasteiger charge is -2.25. The number of nitrogens with zero attached hydrogens (tertiary/aromatic N) is 1. The van der Waals surface area contributed by atoms with Gasteiger partial charge in [-0.15, -0.1) is 0 Å². The van der Waals surface area contributed by atoms with Crippen LogP contribution in [-0.4, -0.2) is 73.4 Å². The minimum Gasteiger partial charge on any atom is -0.387 e. The summed E-state index contributed by atoms with van der Waals surface area (Å²) in [6.07, 6.45) is 62.9. The number of allylic oxidation sites excluding steroid dienone is 3. The Labute approximate surface area is 417 Å². The van der Waals surface area contributed by atoms with Gasteiger partial charge in [0.15, 0.2) is 0 Å². The quantitative estimate of drug-likeness (QED) is 0.0243. The summed E-state index contributed by atoms with van der Waals surface area (Å²) < 4.78 is 23.7. The highest BCUT2D eigenvalue weighted by atomic mass is 31.2. The molecule has 0 spiro atoms. The van der Waals surface area contributed by atoms with Crippen LogP contribution >= 0.6 is 7.82 Å². The molecular weight excluding hydrogens is 852 g/mol. The molecule has 398 valence electrons. The summed E-state index contributed by atoms with van der Waals surface area (Å²) in [6, 6.07) is -0.860. The molecule has 0 aliphatic carbocycles. The van der Waals surface area contributed by atoms with E-state index < -0.39 is 20.0 Å². The third-order valence-corrected chi connectivity index (χ3v) is 14.4. The smallest absolute Gasteiger partial charge is 0.387 e. The molecule has 67 heavy (non-hydrogen) atoms. The lowest BCUT2D eigenvalue weighted by Crippen LogP contribution is -2.45. The van der Waals surface area contributed by atoms with E-state index in [1.54, 1.807) is 6.08 Å². The Bertz CT molecular complexity index is 1140. The Morgan fingerprint density at radius 3 is 1.19 bits per heavy atom. The van der Waals surface area contributed by atoms with Gasteiger partial charge in [-0.2, -0.15) is 0 Å². The third kappa shape index (κ3) is 52.6. The van der Waals surface area contributed by atoms with Gasteiger partial charge in [0.05, 0.1) is 39.9 Å². The van der Waals surface area contributed by atoms with Crippen molar-refractivity contribution in [2.24, 2.45) is 0 Å². The number of carbonyl (C=O) groups is 1. The zero-order chi connectivity index (χ0) is 49.2. The molecule has 0 rings (SSSR count). The number of quaternary nitrogens is 1. The van der Waals surface area contributed by atoms with E-state index in [0.717, 1.165) is 38.5 Å². The number of hydrogen-bond acceptors (Lipinski definition) is 5. The summed E-state index contributed by atoms with van der Waals surface area (Å²) in [7, 11) is 1.57. The Hall–Kier alpha value is -1.02. The predicted molar refractivity (Wildman–Crippen MR) is 291 cm³/mol. The normalized spacial score (nSPS) is 14.1. The molecule has 3 N–H and O–H groups in total. The van der Waals surface area contributed by atoms with Gasteiger partial charge in [0.2, 0.25) is 5.91 Å². The van der Waals surface area contributed by atoms with Crippen LogP contribution in [0.15, 0.2) is 24.3 Å². The first-order valence-corrected chi connectivity index (χ1v) is 30.7. The minimum absolute atomic E-state index is 0.0588. The molecular formula is C58H116N2O6P+. The molecule has 0 aliphatic heterocycles. The summed E-state index contributed by atoms with van der Waals surface area (Å²) >= 11 is 0. The summed E-state index contributed by atoms with van der Waals surface area (Å²) in [4.78, 5) is 23.3. The zero-order valence-corrected chi connectivity index (χ0v) is 46.3. The average molecular weight is 969 g/mol. The number of aliphatic hydroxyl groups is 1. The van der Waals surface area contributed by atoms with Gasteiger partial charge >= 0.3 is 7.82 Å². The second kappa shape index (κ2) is 49.9. The maximum atomic E-state index is 13.0. The third-order valence-electron chi connectivity index (χ3n) is 13.4. The van der Waals surface area contributed by atoms with Crippen LogP contribution in [0.1, 0.15) is 290 Å². The minimum atomic E-state index is -4.35. The molecule has 9 heteroatoms. The fourth-order valence-electron chi connectivity index (χ4n) is 8.83. The van der Waals surface area contributed by atoms with E-state index in [0.29, 0.717) is 17.4 Å². The highest BCUT2D eigenvalue weighted by Crippen LogP contribution is 2.43. The highest BCUT2D eigenvalue weighted by Gasteiger charge is 2.27. The van der Waals surface area contributed by atoms with Crippen molar-refractivity contribution < 1.29 is 32.9 Å². The first-order chi connectivity index (χ1) is 32.5. The first-order valence-electron chi connectivity index (χ1n) is 29.2. The number of amides is 1. The van der Waals surface area contributed by atoms with Gasteiger partial charge in [-0.05, 0) is 32.1 Å². The molecule has 0 aromatic rings. The fourth-order valence-corrected chi connectivity index (χ4v) is 9.56. The van der Waals surface area contributed by atoms with Crippen LogP contribution in [0, 0.1) is 0 Å². The van der Waals surface area contributed by atoms with Crippen LogP contribution in [0.2, 0.25) is 0 Å². The molecule has 0 aromatic carbocycles. The van der Waals surface area contributed by atoms with Crippen LogP contribution in [0.4, 0.5) is 0 Å². The molecule has 0 bridgehead atoms. The maximum absolute atomic E-state index is 13.0. The van der Waals surface area contributed by atoms with Gasteiger partial charge in [-0.3, -0.25) is 13.8 Å². The number of carbonyl (C=O) groups excluding carboxylic acids is 1. The molecule has 0 saturated carbocycles. The van der Waals surface area contributed by atoms with Gasteiger partial charge < -0.3 is 19.8 Å². The Morgan fingerprint density at radius 1 is 0.493 bits per heavy atom. The Morgan fingerprint density at radius 2 is 0.821 bits per heavy atom. The summed E-state index contributed by atoms with van der Waals surface area (Å²) in [5.41, 5.74) is 0. The molecule has 0 aliphatic rings. The van der Waals surface area contributed by atoms with Crippen molar-refractivity contribution in [2.45, 2.75) is 302 Å². The lowest BCUT2D eigenvalue weighted by atomic mass is 10.0. The number of nitrogens with one attached hydrogen (secondary N) is 1. The summed E-state index contributed by atoms with van der Waals surface area (Å²) in [5, 5.41) is 13.9. The Kier molecular flexibility index (Phi) is 49.2. The van der Waals surface area contributed by atoms with Crippen molar-refractivity contribution in [1.82, 2.24) is 5.32 Å². The molecule has 1 amide bonds. The average Bonchev–Trinajstić information content (AvgIpc) is 3.29. The molecule has 0 saturated heterocycles. The monoisotopic (exact) mass is 968 g/mol. The van der Waals surface area contributed by atoms with Crippen molar-refractivity contribution in [3.8, 4) is 0 Å². The number of unbranched alkanes of at least 4 members (excludes halogenated alkanes) is 39. The largest absolute Gasteiger partial charge is 0.472 e. The molecule has 0 heterocycles. The zero-order valence-electron chi connectivity index (χ0n) is 45.4. The van der Waals surface area contributed by atoms with Crippen molar-refractivity contribution in [2.75, 3.05) is 40.9 Å². The molecule has 0 radical (unpaired) electrons. The number of phosphoric acid groups is 1. The molecule has 8 nitrogen and oxygen atoms in total. The summed E-state index contributed by atoms with van der Waals surface area (Å²) in [6.45, 7) is 4.84. The molecule has 0 aromatic heterocycles. The van der Waals surface area contributed by atoms with Crippen LogP contribution in [-0.2, 0) is 18.4 Å². The SMILES string of the molecule is CCCCCCCCCCCCCCCCCCCCCC/C=C/CC/C=C/C(O)C(COP(=O)(O)OCC[N+](C)(C)C)NC(=O)CCCCCCCCCCCCCCCCCCCCC. The molecule has 0 fully saturated rings. The number of aliphatic hydroxyl groups excluding tert-OH is 1. The van der Waals surface area contributed by atoms with E-state index in [1.165, 1.54) is 231 Å². The predicted octanol–water partition coefficient (Wildman–Crippen LogP) is 17.6. The first kappa shape index (κ1) is 66.0. The molecule has 3 unspecified atom stereocenters. The van der Waals surface area contributed by atoms with E-state index in [4.69, 9.17) is 9.05 Å². The van der Waals surface area contributed by atoms with Gasteiger partial charge in [-0.25, -0.2) is 4.57 Å². The summed E-state index contributed by atoms with van der Waals surface area (Å²) in [5.74, 6) is -0.181. The standard InChI is InChI=1S/C58H115N2O6P/c1-6-8-10-12-14-16-18-20-22-24-26-27-28-29-30-31-32-34-35-37-39-41-43-45-47-49-51-57(61)56(55-66-67(63,64)65-54-53-60(3,4)5)59-58(62)52-50-48-46-44-42-40-38-36-33-25-23-21-19-17-15-13-11-9-7-2/h41,43,49,51,56-57,61H,6-40,42,44-48,50,52-55H2,1-5H3,(H-,59,62,63,64)/p+1/b43-41+,51-49+. The van der Waals surface area contributed by atoms with E-state index >= 15 is 0 Å². The lowest BCUT2D eigenvalue weighted by molar-refractivity contribution is -0.870. The number of likely N-dealkylation sites (N-methyl/N-ethyl adjacent to an activating group) is 1. The van der Waals surface area contributed by atoms with Crippen molar-refractivity contribution in [3.63, 3.8) is 0 Å². The highest BCUT2D eigenvalue weighted by molar-refractivity contribution is 7.47. The van der Waals surface area contributed by atoms with E-state index in [9.17, 15) is 19.4 Å². The van der Waals surface area contributed by atoms with Crippen molar-refractivity contribution >= 4 is 13.7 Å². The van der Waals surface area contributed by atoms with E-state index in [2.05, 4.69) is 31.3 Å². The number of phosphoric ester groups is 1. The van der Waals surface area contributed by atoms with Gasteiger partial charge in [0, 0.05) is 6.42 Å². The van der Waals surface area contributed by atoms with E-state index in [1.807, 2.05) is 27.2 Å². The number of rotatable bonds is 54. The van der Waals surface area contributed by atoms with Crippen LogP contribution < -0.4 is 5.32 Å². The Balaban J connectivity index is 4.21. The topological polar surface area (TPSA) is 105 Å². The maximum Gasteiger partial charge on any atom is 0.472 e. The van der Waals surface area contributed by atoms with Crippen molar-refractivity contribution in [1.29, 1.82) is 0 Å². The van der Waals surface area contributed by atoms with Crippen LogP contribution in [0.3, 0.4) is 0 Å². The fraction of sp³-hybridized carbons (Fsp3) is 0.914. The second-order valence-electron chi connectivity index (χ2n) is 21.4. The van der Waals surface area contributed by atoms with Gasteiger partial charge in [0.25, 0.3) is 0 Å². The van der Waals surface area contributed by atoms with E-state index in [-0.39, 0.29) is 19.1 Å². The van der Waals surface area contributed by atoms with Gasteiger partial charge in [0.1, 0.15) is 13.2 Å². The van der Waals surface area contributed by atoms with Crippen LogP contribution in [0.25, 0.3) is 0 Å². The van der Waals surface area contributed by atoms with Crippen molar-refractivity contribution in [3.05, 3.63) is 24.3 Å². The molecule has 3 atom stereocenters. The second-order valence-corrected chi connectivity index (χ2v) is 22.8. The van der Waals surface area contributed by atoms with Gasteiger partial charge in [-0.1, -0.05) is 276 Å². The van der Waals surface area contributed by atoms with Crippen LogP contribution in [0.5, 0.6) is 0 Å².